The van der Waals surface area contributed by atoms with E-state index in [0.29, 0.717) is 0 Å². The fourth-order valence-corrected chi connectivity index (χ4v) is 2.47. The Hall–Kier alpha value is -0.970. The van der Waals surface area contributed by atoms with Crippen LogP contribution in [0.4, 0.5) is 15.8 Å². The molecule has 0 amide bonds. The lowest BCUT2D eigenvalue weighted by molar-refractivity contribution is -0.384. The Bertz CT molecular complexity index is 591. The molecule has 106 valence electrons. The number of halogens is 2. The fraction of sp³-hybridized carbons (Fsp3) is 0.400. The van der Waals surface area contributed by atoms with E-state index in [4.69, 9.17) is 0 Å². The number of benzene rings is 1. The largest absolute Gasteiger partial charge is 0.378 e. The number of rotatable bonds is 6. The molecule has 0 aliphatic rings. The maximum Gasteiger partial charge on any atom is 0.293 e. The van der Waals surface area contributed by atoms with E-state index in [1.807, 2.05) is 0 Å². The van der Waals surface area contributed by atoms with Crippen LogP contribution >= 0.6 is 22.6 Å². The molecule has 0 bridgehead atoms. The number of nitrogens with one attached hydrogen (secondary N) is 1. The summed E-state index contributed by atoms with van der Waals surface area (Å²) in [5.74, 6) is -0.751. The van der Waals surface area contributed by atoms with Crippen LogP contribution < -0.4 is 5.32 Å². The zero-order chi connectivity index (χ0) is 14.6. The lowest BCUT2D eigenvalue weighted by Gasteiger charge is -2.08. The van der Waals surface area contributed by atoms with Gasteiger partial charge < -0.3 is 5.32 Å². The summed E-state index contributed by atoms with van der Waals surface area (Å²) < 4.78 is 36.1. The molecule has 6 nitrogen and oxygen atoms in total. The van der Waals surface area contributed by atoms with Crippen molar-refractivity contribution in [1.29, 1.82) is 0 Å². The second-order valence-electron chi connectivity index (χ2n) is 3.70. The highest BCUT2D eigenvalue weighted by Gasteiger charge is 2.17. The summed E-state index contributed by atoms with van der Waals surface area (Å²) in [4.78, 5) is 10.2. The number of anilines is 1. The Morgan fingerprint density at radius 2 is 2.11 bits per heavy atom. The van der Waals surface area contributed by atoms with E-state index in [2.05, 4.69) is 5.32 Å². The molecule has 0 fully saturated rings. The van der Waals surface area contributed by atoms with E-state index >= 15 is 0 Å². The molecule has 0 aliphatic heterocycles. The van der Waals surface area contributed by atoms with Crippen LogP contribution in [-0.2, 0) is 9.84 Å². The van der Waals surface area contributed by atoms with Gasteiger partial charge in [-0.3, -0.25) is 10.1 Å². The summed E-state index contributed by atoms with van der Waals surface area (Å²) in [5, 5.41) is 13.4. The van der Waals surface area contributed by atoms with E-state index in [1.165, 1.54) is 6.92 Å². The smallest absolute Gasteiger partial charge is 0.293 e. The highest BCUT2D eigenvalue weighted by atomic mass is 127. The second kappa shape index (κ2) is 6.46. The van der Waals surface area contributed by atoms with Gasteiger partial charge in [0.2, 0.25) is 0 Å². The van der Waals surface area contributed by atoms with Crippen molar-refractivity contribution in [3.05, 3.63) is 31.6 Å². The van der Waals surface area contributed by atoms with Crippen molar-refractivity contribution < 1.29 is 17.7 Å². The van der Waals surface area contributed by atoms with Crippen LogP contribution in [-0.4, -0.2) is 31.4 Å². The number of sulfone groups is 1. The maximum absolute atomic E-state index is 13.4. The fourth-order valence-electron chi connectivity index (χ4n) is 1.31. The summed E-state index contributed by atoms with van der Waals surface area (Å²) in [6.45, 7) is 1.51. The normalized spacial score (nSPS) is 11.3. The van der Waals surface area contributed by atoms with Gasteiger partial charge in [-0.05, 0) is 22.6 Å². The third kappa shape index (κ3) is 4.56. The molecule has 1 aromatic rings. The molecular weight excluding hydrogens is 390 g/mol. The average Bonchev–Trinajstić information content (AvgIpc) is 2.32. The molecule has 9 heteroatoms. The standard InChI is InChI=1S/C10H12FIN2O4S/c1-2-19(17,18)4-3-13-9-5-7(11)8(12)6-10(9)14(15)16/h5-6,13H,2-4H2,1H3. The molecule has 0 saturated carbocycles. The topological polar surface area (TPSA) is 89.3 Å². The Morgan fingerprint density at radius 1 is 1.47 bits per heavy atom. The van der Waals surface area contributed by atoms with Gasteiger partial charge in [0.05, 0.1) is 14.2 Å². The number of hydrogen-bond acceptors (Lipinski definition) is 5. The minimum Gasteiger partial charge on any atom is -0.378 e. The van der Waals surface area contributed by atoms with E-state index in [-0.39, 0.29) is 33.0 Å². The van der Waals surface area contributed by atoms with Crippen molar-refractivity contribution in [3.8, 4) is 0 Å². The maximum atomic E-state index is 13.4. The number of nitro groups is 1. The first-order valence-corrected chi connectivity index (χ1v) is 8.24. The van der Waals surface area contributed by atoms with Crippen molar-refractivity contribution in [2.75, 3.05) is 23.4 Å². The van der Waals surface area contributed by atoms with Crippen LogP contribution in [0.25, 0.3) is 0 Å². The molecular formula is C10H12FIN2O4S. The molecule has 0 aromatic heterocycles. The van der Waals surface area contributed by atoms with Gasteiger partial charge in [-0.1, -0.05) is 6.92 Å². The Labute approximate surface area is 123 Å². The van der Waals surface area contributed by atoms with Gasteiger partial charge in [-0.25, -0.2) is 12.8 Å². The zero-order valence-electron chi connectivity index (χ0n) is 10.0. The lowest BCUT2D eigenvalue weighted by Crippen LogP contribution is -2.17. The quantitative estimate of drug-likeness (QED) is 0.448. The lowest BCUT2D eigenvalue weighted by atomic mass is 10.2. The molecule has 1 aromatic carbocycles. The highest BCUT2D eigenvalue weighted by molar-refractivity contribution is 14.1. The SMILES string of the molecule is CCS(=O)(=O)CCNc1cc(F)c(I)cc1[N+](=O)[O-]. The van der Waals surface area contributed by atoms with Crippen LogP contribution in [0, 0.1) is 19.5 Å². The van der Waals surface area contributed by atoms with Gasteiger partial charge in [0.1, 0.15) is 11.5 Å². The summed E-state index contributed by atoms with van der Waals surface area (Å²) in [6, 6.07) is 2.10. The molecule has 0 radical (unpaired) electrons. The van der Waals surface area contributed by atoms with Crippen LogP contribution in [0.15, 0.2) is 12.1 Å². The minimum atomic E-state index is -3.17. The van der Waals surface area contributed by atoms with E-state index < -0.39 is 20.6 Å². The first-order chi connectivity index (χ1) is 8.76. The van der Waals surface area contributed by atoms with E-state index in [9.17, 15) is 22.9 Å². The molecule has 0 saturated heterocycles. The predicted molar refractivity (Wildman–Crippen MR) is 78.6 cm³/mol. The van der Waals surface area contributed by atoms with Gasteiger partial charge in [0.25, 0.3) is 5.69 Å². The molecule has 19 heavy (non-hydrogen) atoms. The molecule has 1 rings (SSSR count). The van der Waals surface area contributed by atoms with Crippen molar-refractivity contribution in [3.63, 3.8) is 0 Å². The zero-order valence-corrected chi connectivity index (χ0v) is 13.0. The van der Waals surface area contributed by atoms with Crippen molar-refractivity contribution in [2.45, 2.75) is 6.92 Å². The van der Waals surface area contributed by atoms with Gasteiger partial charge in [0, 0.05) is 24.4 Å². The van der Waals surface area contributed by atoms with Gasteiger partial charge in [-0.2, -0.15) is 0 Å². The first kappa shape index (κ1) is 16.1. The third-order valence-electron chi connectivity index (χ3n) is 2.40. The van der Waals surface area contributed by atoms with Crippen molar-refractivity contribution >= 4 is 43.8 Å². The van der Waals surface area contributed by atoms with E-state index in [1.54, 1.807) is 22.6 Å². The summed E-state index contributed by atoms with van der Waals surface area (Å²) >= 11 is 1.65. The Balaban J connectivity index is 2.89. The number of hydrogen-bond donors (Lipinski definition) is 1. The third-order valence-corrected chi connectivity index (χ3v) is 4.94. The minimum absolute atomic E-state index is 0.00216. The molecule has 0 atom stereocenters. The highest BCUT2D eigenvalue weighted by Crippen LogP contribution is 2.28. The first-order valence-electron chi connectivity index (χ1n) is 5.34. The molecule has 1 N–H and O–H groups in total. The summed E-state index contributed by atoms with van der Waals surface area (Å²) in [7, 11) is -3.17. The molecule has 0 heterocycles. The Morgan fingerprint density at radius 3 is 2.63 bits per heavy atom. The summed E-state index contributed by atoms with van der Waals surface area (Å²) in [5.41, 5.74) is -0.297. The summed E-state index contributed by atoms with van der Waals surface area (Å²) in [6.07, 6.45) is 0. The van der Waals surface area contributed by atoms with E-state index in [0.717, 1.165) is 12.1 Å². The molecule has 0 aliphatic carbocycles. The monoisotopic (exact) mass is 402 g/mol. The van der Waals surface area contributed by atoms with Crippen LogP contribution in [0.1, 0.15) is 6.92 Å². The van der Waals surface area contributed by atoms with Crippen molar-refractivity contribution in [1.82, 2.24) is 0 Å². The van der Waals surface area contributed by atoms with Gasteiger partial charge in [-0.15, -0.1) is 0 Å². The second-order valence-corrected chi connectivity index (χ2v) is 7.34. The van der Waals surface area contributed by atoms with Crippen LogP contribution in [0.2, 0.25) is 0 Å². The Kier molecular flexibility index (Phi) is 5.47. The average molecular weight is 402 g/mol. The molecule has 0 unspecified atom stereocenters. The van der Waals surface area contributed by atoms with Gasteiger partial charge >= 0.3 is 0 Å². The van der Waals surface area contributed by atoms with Crippen LogP contribution in [0.5, 0.6) is 0 Å². The van der Waals surface area contributed by atoms with Gasteiger partial charge in [0.15, 0.2) is 9.84 Å². The number of nitro benzene ring substituents is 1. The predicted octanol–water partition coefficient (Wildman–Crippen LogP) is 2.19. The van der Waals surface area contributed by atoms with Crippen LogP contribution in [0.3, 0.4) is 0 Å². The number of nitrogens with zero attached hydrogens (tertiary/aromatic N) is 1. The molecule has 0 spiro atoms. The van der Waals surface area contributed by atoms with Crippen molar-refractivity contribution in [2.24, 2.45) is 0 Å².